The Morgan fingerprint density at radius 1 is 1.06 bits per heavy atom. The number of piperazine rings is 1. The summed E-state index contributed by atoms with van der Waals surface area (Å²) < 4.78 is 5.79. The molecule has 0 radical (unpaired) electrons. The highest BCUT2D eigenvalue weighted by Crippen LogP contribution is 2.31. The van der Waals surface area contributed by atoms with Gasteiger partial charge in [-0.25, -0.2) is 0 Å². The lowest BCUT2D eigenvalue weighted by Crippen LogP contribution is -2.47. The van der Waals surface area contributed by atoms with Crippen LogP contribution in [0.1, 0.15) is 37.5 Å². The standard InChI is InChI=1S/C25H33N3O3/c1-3-31-25-9-5-4-8-23(25)27-15-13-26(14-16-27)18-24(30)21-10-11-22-20(17-21)7-6-12-28(22)19(2)29/h4-5,8-11,17,24,30H,3,6-7,12-16,18H2,1-2H3. The van der Waals surface area contributed by atoms with E-state index in [-0.39, 0.29) is 5.91 Å². The van der Waals surface area contributed by atoms with Gasteiger partial charge in [-0.15, -0.1) is 0 Å². The molecule has 4 rings (SSSR count). The van der Waals surface area contributed by atoms with Crippen LogP contribution in [0.5, 0.6) is 5.75 Å². The number of aliphatic hydroxyl groups excluding tert-OH is 1. The average molecular weight is 424 g/mol. The molecule has 2 aromatic carbocycles. The summed E-state index contributed by atoms with van der Waals surface area (Å²) in [6, 6.07) is 14.3. The number of para-hydroxylation sites is 2. The van der Waals surface area contributed by atoms with Crippen molar-refractivity contribution in [2.75, 3.05) is 55.7 Å². The second-order valence-corrected chi connectivity index (χ2v) is 8.37. The number of aliphatic hydroxyl groups is 1. The number of β-amino-alcohol motifs (C(OH)–C–C–N with tert-alkyl or cyclic N) is 1. The minimum absolute atomic E-state index is 0.0815. The Hall–Kier alpha value is -2.57. The molecule has 1 atom stereocenters. The Labute approximate surface area is 185 Å². The molecule has 0 saturated carbocycles. The molecule has 2 aliphatic heterocycles. The van der Waals surface area contributed by atoms with Crippen molar-refractivity contribution in [3.63, 3.8) is 0 Å². The summed E-state index contributed by atoms with van der Waals surface area (Å²) in [4.78, 5) is 18.4. The van der Waals surface area contributed by atoms with Gasteiger partial charge >= 0.3 is 0 Å². The molecule has 0 aromatic heterocycles. The second-order valence-electron chi connectivity index (χ2n) is 8.37. The maximum absolute atomic E-state index is 11.9. The van der Waals surface area contributed by atoms with E-state index < -0.39 is 6.10 Å². The number of nitrogens with zero attached hydrogens (tertiary/aromatic N) is 3. The number of anilines is 2. The molecular formula is C25H33N3O3. The molecule has 2 aliphatic rings. The number of hydrogen-bond donors (Lipinski definition) is 1. The molecule has 0 spiro atoms. The third-order valence-corrected chi connectivity index (χ3v) is 6.30. The van der Waals surface area contributed by atoms with E-state index in [9.17, 15) is 9.90 Å². The number of ether oxygens (including phenoxy) is 1. The Balaban J connectivity index is 1.37. The van der Waals surface area contributed by atoms with Crippen molar-refractivity contribution < 1.29 is 14.6 Å². The fourth-order valence-corrected chi connectivity index (χ4v) is 4.67. The molecule has 0 bridgehead atoms. The number of aryl methyl sites for hydroxylation is 1. The molecule has 1 unspecified atom stereocenters. The van der Waals surface area contributed by atoms with Gasteiger partial charge in [-0.3, -0.25) is 9.69 Å². The zero-order valence-corrected chi connectivity index (χ0v) is 18.6. The molecule has 0 aliphatic carbocycles. The van der Waals surface area contributed by atoms with Gasteiger partial charge in [0.2, 0.25) is 5.91 Å². The molecule has 2 heterocycles. The Bertz CT molecular complexity index is 909. The van der Waals surface area contributed by atoms with Crippen LogP contribution >= 0.6 is 0 Å². The lowest BCUT2D eigenvalue weighted by atomic mass is 9.97. The minimum Gasteiger partial charge on any atom is -0.492 e. The number of amides is 1. The van der Waals surface area contributed by atoms with Crippen LogP contribution in [0, 0.1) is 0 Å². The summed E-state index contributed by atoms with van der Waals surface area (Å²) >= 11 is 0. The number of hydrogen-bond acceptors (Lipinski definition) is 5. The molecule has 2 aromatic rings. The molecule has 1 fully saturated rings. The van der Waals surface area contributed by atoms with E-state index in [0.717, 1.165) is 73.8 Å². The zero-order chi connectivity index (χ0) is 21.8. The molecule has 31 heavy (non-hydrogen) atoms. The van der Waals surface area contributed by atoms with Crippen LogP contribution < -0.4 is 14.5 Å². The molecule has 166 valence electrons. The van der Waals surface area contributed by atoms with Gasteiger partial charge in [-0.2, -0.15) is 0 Å². The SMILES string of the molecule is CCOc1ccccc1N1CCN(CC(O)c2ccc3c(c2)CCCN3C(C)=O)CC1. The fraction of sp³-hybridized carbons (Fsp3) is 0.480. The van der Waals surface area contributed by atoms with E-state index in [1.54, 1.807) is 6.92 Å². The Morgan fingerprint density at radius 2 is 1.84 bits per heavy atom. The van der Waals surface area contributed by atoms with Gasteiger partial charge in [0.25, 0.3) is 0 Å². The van der Waals surface area contributed by atoms with Crippen molar-refractivity contribution in [3.8, 4) is 5.75 Å². The summed E-state index contributed by atoms with van der Waals surface area (Å²) in [5.74, 6) is 1.02. The van der Waals surface area contributed by atoms with Gasteiger partial charge < -0.3 is 19.6 Å². The summed E-state index contributed by atoms with van der Waals surface area (Å²) in [7, 11) is 0. The van der Waals surface area contributed by atoms with E-state index in [2.05, 4.69) is 28.0 Å². The first-order valence-corrected chi connectivity index (χ1v) is 11.3. The number of carbonyl (C=O) groups excluding carboxylic acids is 1. The number of fused-ring (bicyclic) bond motifs is 1. The monoisotopic (exact) mass is 423 g/mol. The van der Waals surface area contributed by atoms with Crippen LogP contribution in [0.15, 0.2) is 42.5 Å². The zero-order valence-electron chi connectivity index (χ0n) is 18.6. The topological polar surface area (TPSA) is 56.2 Å². The van der Waals surface area contributed by atoms with E-state index in [4.69, 9.17) is 4.74 Å². The highest BCUT2D eigenvalue weighted by atomic mass is 16.5. The van der Waals surface area contributed by atoms with Gasteiger partial charge in [0.1, 0.15) is 5.75 Å². The van der Waals surface area contributed by atoms with Crippen LogP contribution in [0.3, 0.4) is 0 Å². The molecule has 6 heteroatoms. The van der Waals surface area contributed by atoms with Crippen LogP contribution in [0.4, 0.5) is 11.4 Å². The lowest BCUT2D eigenvalue weighted by molar-refractivity contribution is -0.116. The minimum atomic E-state index is -0.528. The van der Waals surface area contributed by atoms with Gasteiger partial charge in [0, 0.05) is 51.9 Å². The Morgan fingerprint density at radius 3 is 2.58 bits per heavy atom. The average Bonchev–Trinajstić information content (AvgIpc) is 2.79. The van der Waals surface area contributed by atoms with Gasteiger partial charge in [0.05, 0.1) is 18.4 Å². The smallest absolute Gasteiger partial charge is 0.223 e. The normalized spacial score (nSPS) is 17.9. The van der Waals surface area contributed by atoms with Crippen molar-refractivity contribution in [1.29, 1.82) is 0 Å². The van der Waals surface area contributed by atoms with Crippen molar-refractivity contribution in [3.05, 3.63) is 53.6 Å². The number of carbonyl (C=O) groups is 1. The lowest BCUT2D eigenvalue weighted by Gasteiger charge is -2.37. The van der Waals surface area contributed by atoms with Gasteiger partial charge in [-0.05, 0) is 49.1 Å². The van der Waals surface area contributed by atoms with Crippen molar-refractivity contribution in [2.24, 2.45) is 0 Å². The second kappa shape index (κ2) is 9.71. The van der Waals surface area contributed by atoms with Crippen molar-refractivity contribution >= 4 is 17.3 Å². The third kappa shape index (κ3) is 4.86. The van der Waals surface area contributed by atoms with E-state index in [1.165, 1.54) is 0 Å². The Kier molecular flexibility index (Phi) is 6.78. The molecular weight excluding hydrogens is 390 g/mol. The van der Waals surface area contributed by atoms with Crippen LogP contribution in [0.25, 0.3) is 0 Å². The van der Waals surface area contributed by atoms with E-state index in [1.807, 2.05) is 36.1 Å². The van der Waals surface area contributed by atoms with E-state index in [0.29, 0.717) is 13.2 Å². The highest BCUT2D eigenvalue weighted by molar-refractivity contribution is 5.92. The van der Waals surface area contributed by atoms with Crippen LogP contribution in [-0.2, 0) is 11.2 Å². The predicted molar refractivity (Wildman–Crippen MR) is 124 cm³/mol. The number of rotatable bonds is 6. The number of benzene rings is 2. The van der Waals surface area contributed by atoms with Crippen molar-refractivity contribution in [1.82, 2.24) is 4.90 Å². The fourth-order valence-electron chi connectivity index (χ4n) is 4.67. The molecule has 1 amide bonds. The van der Waals surface area contributed by atoms with Crippen molar-refractivity contribution in [2.45, 2.75) is 32.8 Å². The molecule has 1 saturated heterocycles. The van der Waals surface area contributed by atoms with Crippen LogP contribution in [-0.4, -0.2) is 61.8 Å². The van der Waals surface area contributed by atoms with Crippen LogP contribution in [0.2, 0.25) is 0 Å². The third-order valence-electron chi connectivity index (χ3n) is 6.30. The first-order chi connectivity index (χ1) is 15.1. The molecule has 6 nitrogen and oxygen atoms in total. The maximum atomic E-state index is 11.9. The highest BCUT2D eigenvalue weighted by Gasteiger charge is 2.24. The summed E-state index contributed by atoms with van der Waals surface area (Å²) in [5.41, 5.74) is 4.24. The predicted octanol–water partition coefficient (Wildman–Crippen LogP) is 3.24. The maximum Gasteiger partial charge on any atom is 0.223 e. The molecule has 1 N–H and O–H groups in total. The summed E-state index contributed by atoms with van der Waals surface area (Å²) in [5, 5.41) is 10.9. The summed E-state index contributed by atoms with van der Waals surface area (Å²) in [6.07, 6.45) is 1.40. The first-order valence-electron chi connectivity index (χ1n) is 11.3. The largest absolute Gasteiger partial charge is 0.492 e. The van der Waals surface area contributed by atoms with Gasteiger partial charge in [0.15, 0.2) is 0 Å². The first kappa shape index (κ1) is 21.7. The van der Waals surface area contributed by atoms with E-state index >= 15 is 0 Å². The summed E-state index contributed by atoms with van der Waals surface area (Å²) in [6.45, 7) is 9.31. The quantitative estimate of drug-likeness (QED) is 0.773. The van der Waals surface area contributed by atoms with Gasteiger partial charge in [-0.1, -0.05) is 24.3 Å².